The highest BCUT2D eigenvalue weighted by Gasteiger charge is 2.71. The SMILES string of the molecule is CC(C)(C)C(=O)OC[C@H]1OC(=O)[C@@H]2[C@H]3CCC[C@H]3[C@@]21C. The highest BCUT2D eigenvalue weighted by Crippen LogP contribution is 2.68. The molecule has 0 aromatic carbocycles. The number of rotatable bonds is 2. The molecule has 4 nitrogen and oxygen atoms in total. The van der Waals surface area contributed by atoms with E-state index in [0.29, 0.717) is 11.8 Å². The van der Waals surface area contributed by atoms with Gasteiger partial charge in [0.25, 0.3) is 0 Å². The molecule has 0 amide bonds. The number of fused-ring (bicyclic) bond motifs is 4. The molecule has 4 heteroatoms. The summed E-state index contributed by atoms with van der Waals surface area (Å²) in [6, 6.07) is 0. The van der Waals surface area contributed by atoms with Crippen molar-refractivity contribution < 1.29 is 19.1 Å². The van der Waals surface area contributed by atoms with Crippen molar-refractivity contribution in [3.63, 3.8) is 0 Å². The van der Waals surface area contributed by atoms with Gasteiger partial charge in [0.05, 0.1) is 11.3 Å². The fourth-order valence-corrected chi connectivity index (χ4v) is 4.52. The number of ether oxygens (including phenoxy) is 2. The molecule has 1 heterocycles. The van der Waals surface area contributed by atoms with Gasteiger partial charge in [0.2, 0.25) is 0 Å². The molecule has 2 saturated carbocycles. The predicted octanol–water partition coefficient (Wildman–Crippen LogP) is 2.55. The van der Waals surface area contributed by atoms with Crippen LogP contribution in [0.1, 0.15) is 47.0 Å². The molecular weight excluding hydrogens is 256 g/mol. The van der Waals surface area contributed by atoms with Gasteiger partial charge in [-0.05, 0) is 45.4 Å². The number of hydrogen-bond acceptors (Lipinski definition) is 4. The van der Waals surface area contributed by atoms with Crippen LogP contribution in [-0.4, -0.2) is 24.6 Å². The third kappa shape index (κ3) is 1.73. The lowest BCUT2D eigenvalue weighted by molar-refractivity contribution is -0.163. The molecule has 0 bridgehead atoms. The van der Waals surface area contributed by atoms with Crippen LogP contribution in [0.2, 0.25) is 0 Å². The molecule has 112 valence electrons. The van der Waals surface area contributed by atoms with E-state index in [1.54, 1.807) is 0 Å². The van der Waals surface area contributed by atoms with Gasteiger partial charge in [0, 0.05) is 5.41 Å². The Morgan fingerprint density at radius 2 is 2.10 bits per heavy atom. The van der Waals surface area contributed by atoms with Gasteiger partial charge in [-0.3, -0.25) is 9.59 Å². The van der Waals surface area contributed by atoms with Crippen LogP contribution in [0.4, 0.5) is 0 Å². The Hall–Kier alpha value is -1.06. The summed E-state index contributed by atoms with van der Waals surface area (Å²) in [5.74, 6) is 0.803. The van der Waals surface area contributed by atoms with E-state index >= 15 is 0 Å². The van der Waals surface area contributed by atoms with Gasteiger partial charge in [0.15, 0.2) is 0 Å². The molecule has 0 spiro atoms. The summed E-state index contributed by atoms with van der Waals surface area (Å²) < 4.78 is 10.9. The molecular formula is C16H24O4. The van der Waals surface area contributed by atoms with Crippen molar-refractivity contribution >= 4 is 11.9 Å². The van der Waals surface area contributed by atoms with Crippen molar-refractivity contribution in [2.75, 3.05) is 6.61 Å². The van der Waals surface area contributed by atoms with Crippen LogP contribution in [0.25, 0.3) is 0 Å². The van der Waals surface area contributed by atoms with Crippen LogP contribution in [0.5, 0.6) is 0 Å². The topological polar surface area (TPSA) is 52.6 Å². The largest absolute Gasteiger partial charge is 0.461 e. The molecule has 1 aliphatic heterocycles. The van der Waals surface area contributed by atoms with Gasteiger partial charge in [-0.1, -0.05) is 13.3 Å². The predicted molar refractivity (Wildman–Crippen MR) is 72.7 cm³/mol. The lowest BCUT2D eigenvalue weighted by Gasteiger charge is -2.53. The first kappa shape index (κ1) is 13.9. The summed E-state index contributed by atoms with van der Waals surface area (Å²) in [6.45, 7) is 7.84. The summed E-state index contributed by atoms with van der Waals surface area (Å²) >= 11 is 0. The van der Waals surface area contributed by atoms with Gasteiger partial charge in [0.1, 0.15) is 12.7 Å². The van der Waals surface area contributed by atoms with Crippen molar-refractivity contribution in [2.45, 2.75) is 53.1 Å². The molecule has 0 aromatic heterocycles. The highest BCUT2D eigenvalue weighted by molar-refractivity contribution is 5.79. The maximum Gasteiger partial charge on any atom is 0.311 e. The number of carbonyl (C=O) groups excluding carboxylic acids is 2. The summed E-state index contributed by atoms with van der Waals surface area (Å²) in [6.07, 6.45) is 3.28. The molecule has 3 rings (SSSR count). The third-order valence-electron chi connectivity index (χ3n) is 5.65. The van der Waals surface area contributed by atoms with Gasteiger partial charge < -0.3 is 9.47 Å². The summed E-state index contributed by atoms with van der Waals surface area (Å²) in [5, 5.41) is 0. The van der Waals surface area contributed by atoms with Gasteiger partial charge in [-0.2, -0.15) is 0 Å². The van der Waals surface area contributed by atoms with E-state index in [9.17, 15) is 9.59 Å². The number of carbonyl (C=O) groups is 2. The van der Waals surface area contributed by atoms with E-state index in [1.807, 2.05) is 20.8 Å². The first-order valence-corrected chi connectivity index (χ1v) is 7.64. The Morgan fingerprint density at radius 1 is 1.40 bits per heavy atom. The van der Waals surface area contributed by atoms with Crippen molar-refractivity contribution in [2.24, 2.45) is 28.6 Å². The molecule has 3 aliphatic rings. The maximum absolute atomic E-state index is 12.1. The summed E-state index contributed by atoms with van der Waals surface area (Å²) in [4.78, 5) is 24.0. The molecule has 0 radical (unpaired) electrons. The first-order chi connectivity index (χ1) is 9.26. The Labute approximate surface area is 120 Å². The van der Waals surface area contributed by atoms with E-state index in [1.165, 1.54) is 12.8 Å². The second kappa shape index (κ2) is 4.22. The van der Waals surface area contributed by atoms with Crippen LogP contribution in [-0.2, 0) is 19.1 Å². The van der Waals surface area contributed by atoms with E-state index in [4.69, 9.17) is 9.47 Å². The molecule has 0 aromatic rings. The molecule has 1 saturated heterocycles. The summed E-state index contributed by atoms with van der Waals surface area (Å²) in [5.41, 5.74) is -0.630. The van der Waals surface area contributed by atoms with E-state index in [-0.39, 0.29) is 36.0 Å². The van der Waals surface area contributed by atoms with Crippen LogP contribution in [0.3, 0.4) is 0 Å². The minimum atomic E-state index is -0.515. The zero-order valence-corrected chi connectivity index (χ0v) is 12.8. The average molecular weight is 280 g/mol. The van der Waals surface area contributed by atoms with Gasteiger partial charge in [-0.15, -0.1) is 0 Å². The van der Waals surface area contributed by atoms with E-state index < -0.39 is 5.41 Å². The summed E-state index contributed by atoms with van der Waals surface area (Å²) in [7, 11) is 0. The Morgan fingerprint density at radius 3 is 2.75 bits per heavy atom. The van der Waals surface area contributed by atoms with E-state index in [2.05, 4.69) is 6.92 Å². The van der Waals surface area contributed by atoms with Gasteiger partial charge in [-0.25, -0.2) is 0 Å². The normalized spacial score (nSPS) is 42.5. The van der Waals surface area contributed by atoms with Crippen LogP contribution >= 0.6 is 0 Å². The third-order valence-corrected chi connectivity index (χ3v) is 5.65. The molecule has 2 aliphatic carbocycles. The highest BCUT2D eigenvalue weighted by atomic mass is 16.6. The number of cyclic esters (lactones) is 1. The fourth-order valence-electron chi connectivity index (χ4n) is 4.52. The Bertz CT molecular complexity index is 450. The average Bonchev–Trinajstić information content (AvgIpc) is 2.84. The van der Waals surface area contributed by atoms with Crippen molar-refractivity contribution in [3.8, 4) is 0 Å². The second-order valence-electron chi connectivity index (χ2n) is 7.82. The maximum atomic E-state index is 12.1. The van der Waals surface area contributed by atoms with Crippen molar-refractivity contribution in [1.29, 1.82) is 0 Å². The van der Waals surface area contributed by atoms with Crippen LogP contribution in [0.15, 0.2) is 0 Å². The molecule has 20 heavy (non-hydrogen) atoms. The van der Waals surface area contributed by atoms with E-state index in [0.717, 1.165) is 6.42 Å². The molecule has 3 fully saturated rings. The van der Waals surface area contributed by atoms with Crippen LogP contribution in [0, 0.1) is 28.6 Å². The van der Waals surface area contributed by atoms with Gasteiger partial charge >= 0.3 is 11.9 Å². The Kier molecular flexibility index (Phi) is 2.93. The zero-order chi connectivity index (χ0) is 14.7. The lowest BCUT2D eigenvalue weighted by Crippen LogP contribution is -2.56. The zero-order valence-electron chi connectivity index (χ0n) is 12.8. The van der Waals surface area contributed by atoms with Crippen LogP contribution < -0.4 is 0 Å². The van der Waals surface area contributed by atoms with Crippen molar-refractivity contribution in [3.05, 3.63) is 0 Å². The second-order valence-corrected chi connectivity index (χ2v) is 7.82. The van der Waals surface area contributed by atoms with Crippen molar-refractivity contribution in [1.82, 2.24) is 0 Å². The number of hydrogen-bond donors (Lipinski definition) is 0. The monoisotopic (exact) mass is 280 g/mol. The number of esters is 2. The smallest absolute Gasteiger partial charge is 0.311 e. The Balaban J connectivity index is 1.69. The minimum absolute atomic E-state index is 0.0355. The quantitative estimate of drug-likeness (QED) is 0.729. The fraction of sp³-hybridized carbons (Fsp3) is 0.875. The minimum Gasteiger partial charge on any atom is -0.461 e. The standard InChI is InChI=1S/C16H24O4/c1-15(2,3)14(18)19-8-11-16(4)10-7-5-6-9(10)12(16)13(17)20-11/h9-12H,5-8H2,1-4H3/t9-,10+,11+,12-,16+/m0/s1. The molecule has 0 unspecified atom stereocenters. The first-order valence-electron chi connectivity index (χ1n) is 7.64. The molecule has 0 N–H and O–H groups in total. The lowest BCUT2D eigenvalue weighted by atomic mass is 9.48. The molecule has 5 atom stereocenters.